The highest BCUT2D eigenvalue weighted by Crippen LogP contribution is 2.39. The maximum atomic E-state index is 13.3. The van der Waals surface area contributed by atoms with E-state index in [9.17, 15) is 19.5 Å². The van der Waals surface area contributed by atoms with Gasteiger partial charge in [-0.1, -0.05) is 44.2 Å². The van der Waals surface area contributed by atoms with Crippen LogP contribution in [0.5, 0.6) is 0 Å². The Morgan fingerprint density at radius 3 is 2.60 bits per heavy atom. The van der Waals surface area contributed by atoms with Crippen molar-refractivity contribution in [1.82, 2.24) is 15.1 Å². The highest BCUT2D eigenvalue weighted by atomic mass is 16.4. The lowest BCUT2D eigenvalue weighted by molar-refractivity contribution is -0.169. The third-order valence-electron chi connectivity index (χ3n) is 6.35. The predicted molar refractivity (Wildman–Crippen MR) is 114 cm³/mol. The molecule has 0 bridgehead atoms. The van der Waals surface area contributed by atoms with Crippen molar-refractivity contribution in [3.05, 3.63) is 35.9 Å². The van der Waals surface area contributed by atoms with Crippen LogP contribution in [0.25, 0.3) is 0 Å². The van der Waals surface area contributed by atoms with E-state index in [1.165, 1.54) is 5.56 Å². The number of hydrogen-bond acceptors (Lipinski definition) is 4. The van der Waals surface area contributed by atoms with Gasteiger partial charge >= 0.3 is 5.97 Å². The summed E-state index contributed by atoms with van der Waals surface area (Å²) in [5.74, 6) is -1.52. The first-order valence-corrected chi connectivity index (χ1v) is 10.8. The topological polar surface area (TPSA) is 90.0 Å². The summed E-state index contributed by atoms with van der Waals surface area (Å²) in [7, 11) is 0. The molecule has 2 heterocycles. The zero-order chi connectivity index (χ0) is 21.9. The number of nitrogens with one attached hydrogen (secondary N) is 1. The highest BCUT2D eigenvalue weighted by Gasteiger charge is 2.58. The summed E-state index contributed by atoms with van der Waals surface area (Å²) in [6.07, 6.45) is 1.19. The fourth-order valence-electron chi connectivity index (χ4n) is 4.87. The zero-order valence-corrected chi connectivity index (χ0v) is 18.1. The summed E-state index contributed by atoms with van der Waals surface area (Å²) in [4.78, 5) is 42.0. The molecule has 3 atom stereocenters. The molecule has 0 saturated carbocycles. The molecular weight excluding hydrogens is 382 g/mol. The minimum Gasteiger partial charge on any atom is -0.481 e. The Balaban J connectivity index is 1.85. The molecule has 7 nitrogen and oxygen atoms in total. The van der Waals surface area contributed by atoms with Crippen molar-refractivity contribution in [2.45, 2.75) is 51.6 Å². The van der Waals surface area contributed by atoms with Gasteiger partial charge in [-0.05, 0) is 31.2 Å². The Morgan fingerprint density at radius 2 is 1.97 bits per heavy atom. The first kappa shape index (κ1) is 22.3. The number of carbonyl (C=O) groups is 3. The van der Waals surface area contributed by atoms with Crippen molar-refractivity contribution in [2.24, 2.45) is 11.8 Å². The molecule has 2 unspecified atom stereocenters. The molecule has 2 saturated heterocycles. The Labute approximate surface area is 178 Å². The lowest BCUT2D eigenvalue weighted by Gasteiger charge is -2.55. The average Bonchev–Trinajstić information content (AvgIpc) is 2.69. The van der Waals surface area contributed by atoms with Gasteiger partial charge < -0.3 is 20.2 Å². The minimum atomic E-state index is -1.09. The van der Waals surface area contributed by atoms with Crippen LogP contribution in [-0.4, -0.2) is 70.4 Å². The summed E-state index contributed by atoms with van der Waals surface area (Å²) in [5.41, 5.74) is 0.142. The largest absolute Gasteiger partial charge is 0.481 e. The number of hydrogen-bond donors (Lipinski definition) is 2. The van der Waals surface area contributed by atoms with E-state index in [0.29, 0.717) is 26.1 Å². The second-order valence-electron chi connectivity index (χ2n) is 9.04. The number of carboxylic acid groups (broad SMARTS) is 1. The van der Waals surface area contributed by atoms with Gasteiger partial charge in [0.15, 0.2) is 0 Å². The van der Waals surface area contributed by atoms with Crippen molar-refractivity contribution in [3.63, 3.8) is 0 Å². The number of rotatable bonds is 7. The minimum absolute atomic E-state index is 0.114. The molecule has 1 aromatic rings. The summed E-state index contributed by atoms with van der Waals surface area (Å²) in [5, 5.41) is 12.4. The average molecular weight is 416 g/mol. The monoisotopic (exact) mass is 415 g/mol. The third-order valence-corrected chi connectivity index (χ3v) is 6.35. The van der Waals surface area contributed by atoms with Gasteiger partial charge in [0.25, 0.3) is 0 Å². The van der Waals surface area contributed by atoms with E-state index >= 15 is 0 Å². The number of piperazine rings is 1. The number of benzene rings is 1. The Morgan fingerprint density at radius 1 is 1.27 bits per heavy atom. The molecule has 2 aliphatic rings. The quantitative estimate of drug-likeness (QED) is 0.708. The van der Waals surface area contributed by atoms with Crippen LogP contribution in [-0.2, 0) is 20.8 Å². The van der Waals surface area contributed by atoms with E-state index in [1.807, 2.05) is 32.0 Å². The molecule has 1 aromatic carbocycles. The molecule has 7 heteroatoms. The van der Waals surface area contributed by atoms with Crippen molar-refractivity contribution < 1.29 is 19.5 Å². The van der Waals surface area contributed by atoms with Crippen LogP contribution in [0.15, 0.2) is 30.3 Å². The molecule has 2 N–H and O–H groups in total. The summed E-state index contributed by atoms with van der Waals surface area (Å²) >= 11 is 0. The molecular formula is C23H33N3O4. The van der Waals surface area contributed by atoms with Crippen LogP contribution < -0.4 is 5.32 Å². The van der Waals surface area contributed by atoms with Gasteiger partial charge in [0.1, 0.15) is 11.6 Å². The van der Waals surface area contributed by atoms with E-state index < -0.39 is 23.5 Å². The van der Waals surface area contributed by atoms with Crippen molar-refractivity contribution in [3.8, 4) is 0 Å². The number of amides is 2. The highest BCUT2D eigenvalue weighted by molar-refractivity contribution is 6.00. The molecule has 3 rings (SSSR count). The van der Waals surface area contributed by atoms with Crippen LogP contribution >= 0.6 is 0 Å². The number of carbonyl (C=O) groups excluding carboxylic acids is 2. The van der Waals surface area contributed by atoms with Crippen molar-refractivity contribution >= 4 is 17.8 Å². The molecule has 1 spiro atoms. The van der Waals surface area contributed by atoms with Crippen LogP contribution in [0.1, 0.15) is 39.2 Å². The summed E-state index contributed by atoms with van der Waals surface area (Å²) in [6, 6.07) is 9.59. The van der Waals surface area contributed by atoms with Gasteiger partial charge in [0.05, 0.1) is 6.42 Å². The van der Waals surface area contributed by atoms with Crippen molar-refractivity contribution in [2.75, 3.05) is 26.2 Å². The normalized spacial score (nSPS) is 27.5. The van der Waals surface area contributed by atoms with E-state index in [2.05, 4.69) is 22.3 Å². The number of nitrogens with zero attached hydrogens (tertiary/aromatic N) is 2. The van der Waals surface area contributed by atoms with E-state index in [1.54, 1.807) is 11.8 Å². The summed E-state index contributed by atoms with van der Waals surface area (Å²) < 4.78 is 0. The number of carboxylic acids is 1. The van der Waals surface area contributed by atoms with Gasteiger partial charge in [-0.2, -0.15) is 0 Å². The smallest absolute Gasteiger partial charge is 0.303 e. The SMILES string of the molecule is CC(C)CN1C(=O)[C@H](C)NC(=O)C12CCN(CCc1ccccc1)CC2CC(=O)O. The van der Waals surface area contributed by atoms with E-state index in [4.69, 9.17) is 0 Å². The lowest BCUT2D eigenvalue weighted by atomic mass is 9.71. The Hall–Kier alpha value is -2.41. The maximum Gasteiger partial charge on any atom is 0.303 e. The molecule has 2 fully saturated rings. The number of likely N-dealkylation sites (tertiary alicyclic amines) is 1. The molecule has 0 aromatic heterocycles. The first-order chi connectivity index (χ1) is 14.2. The maximum absolute atomic E-state index is 13.3. The van der Waals surface area contributed by atoms with Gasteiger partial charge in [-0.3, -0.25) is 14.4 Å². The standard InChI is InChI=1S/C23H33N3O4/c1-16(2)14-26-21(29)17(3)24-22(30)23(26)10-12-25(15-19(23)13-20(27)28)11-9-18-7-5-4-6-8-18/h4-8,16-17,19H,9-15H2,1-3H3,(H,24,30)(H,27,28)/t17-,19?,23?/m0/s1. The second kappa shape index (κ2) is 9.16. The van der Waals surface area contributed by atoms with Gasteiger partial charge in [-0.25, -0.2) is 0 Å². The molecule has 0 aliphatic carbocycles. The molecule has 2 aliphatic heterocycles. The summed E-state index contributed by atoms with van der Waals surface area (Å²) in [6.45, 7) is 8.12. The van der Waals surface area contributed by atoms with Crippen LogP contribution in [0, 0.1) is 11.8 Å². The molecule has 30 heavy (non-hydrogen) atoms. The number of aliphatic carboxylic acids is 1. The molecule has 0 radical (unpaired) electrons. The fourth-order valence-corrected chi connectivity index (χ4v) is 4.87. The Kier molecular flexibility index (Phi) is 6.81. The van der Waals surface area contributed by atoms with Gasteiger partial charge in [-0.15, -0.1) is 0 Å². The lowest BCUT2D eigenvalue weighted by Crippen LogP contribution is -2.76. The van der Waals surface area contributed by atoms with Crippen LogP contribution in [0.2, 0.25) is 0 Å². The van der Waals surface area contributed by atoms with Gasteiger partial charge in [0, 0.05) is 32.1 Å². The predicted octanol–water partition coefficient (Wildman–Crippen LogP) is 1.77. The number of piperidine rings is 1. The zero-order valence-electron chi connectivity index (χ0n) is 18.1. The third kappa shape index (κ3) is 4.51. The molecule has 2 amide bonds. The van der Waals surface area contributed by atoms with Gasteiger partial charge in [0.2, 0.25) is 11.8 Å². The van der Waals surface area contributed by atoms with Crippen LogP contribution in [0.3, 0.4) is 0 Å². The fraction of sp³-hybridized carbons (Fsp3) is 0.609. The molecule has 164 valence electrons. The van der Waals surface area contributed by atoms with E-state index in [-0.39, 0.29) is 24.2 Å². The van der Waals surface area contributed by atoms with E-state index in [0.717, 1.165) is 13.0 Å². The van der Waals surface area contributed by atoms with Crippen LogP contribution in [0.4, 0.5) is 0 Å². The van der Waals surface area contributed by atoms with Crippen molar-refractivity contribution in [1.29, 1.82) is 0 Å². The second-order valence-corrected chi connectivity index (χ2v) is 9.04. The first-order valence-electron chi connectivity index (χ1n) is 10.8. The Bertz CT molecular complexity index is 782.